The van der Waals surface area contributed by atoms with Crippen molar-refractivity contribution in [3.63, 3.8) is 0 Å². The van der Waals surface area contributed by atoms with Crippen LogP contribution in [-0.2, 0) is 0 Å². The number of halogens is 3. The first-order valence-electron chi connectivity index (χ1n) is 4.38. The molecule has 0 aliphatic rings. The lowest BCUT2D eigenvalue weighted by Crippen LogP contribution is -1.81. The SMILES string of the molecule is Fc1cccc(-c2cccc(Cl)c2Cl)c1. The van der Waals surface area contributed by atoms with Gasteiger partial charge in [0.2, 0.25) is 0 Å². The highest BCUT2D eigenvalue weighted by Gasteiger charge is 2.06. The lowest BCUT2D eigenvalue weighted by Gasteiger charge is -2.05. The van der Waals surface area contributed by atoms with Gasteiger partial charge in [-0.25, -0.2) is 4.39 Å². The van der Waals surface area contributed by atoms with Gasteiger partial charge in [0.25, 0.3) is 0 Å². The standard InChI is InChI=1S/C12H7Cl2F/c13-11-6-2-5-10(12(11)14)8-3-1-4-9(15)7-8/h1-7H. The smallest absolute Gasteiger partial charge is 0.123 e. The molecule has 0 unspecified atom stereocenters. The zero-order chi connectivity index (χ0) is 10.8. The largest absolute Gasteiger partial charge is 0.207 e. The molecule has 3 heteroatoms. The van der Waals surface area contributed by atoms with Crippen molar-refractivity contribution in [3.05, 3.63) is 58.3 Å². The molecule has 0 atom stereocenters. The number of benzene rings is 2. The number of hydrogen-bond acceptors (Lipinski definition) is 0. The highest BCUT2D eigenvalue weighted by atomic mass is 35.5. The van der Waals surface area contributed by atoms with Gasteiger partial charge in [-0.3, -0.25) is 0 Å². The van der Waals surface area contributed by atoms with E-state index >= 15 is 0 Å². The summed E-state index contributed by atoms with van der Waals surface area (Å²) in [6, 6.07) is 11.5. The van der Waals surface area contributed by atoms with Crippen molar-refractivity contribution in [1.82, 2.24) is 0 Å². The van der Waals surface area contributed by atoms with Gasteiger partial charge in [0, 0.05) is 5.56 Å². The fraction of sp³-hybridized carbons (Fsp3) is 0. The van der Waals surface area contributed by atoms with Gasteiger partial charge in [0.15, 0.2) is 0 Å². The highest BCUT2D eigenvalue weighted by molar-refractivity contribution is 6.43. The van der Waals surface area contributed by atoms with E-state index in [1.54, 1.807) is 24.3 Å². The monoisotopic (exact) mass is 240 g/mol. The predicted octanol–water partition coefficient (Wildman–Crippen LogP) is 4.80. The second kappa shape index (κ2) is 4.21. The molecule has 2 aromatic rings. The van der Waals surface area contributed by atoms with Crippen molar-refractivity contribution in [3.8, 4) is 11.1 Å². The van der Waals surface area contributed by atoms with Crippen LogP contribution >= 0.6 is 23.2 Å². The van der Waals surface area contributed by atoms with Crippen molar-refractivity contribution in [2.24, 2.45) is 0 Å². The normalized spacial score (nSPS) is 10.3. The minimum absolute atomic E-state index is 0.288. The summed E-state index contributed by atoms with van der Waals surface area (Å²) >= 11 is 11.9. The van der Waals surface area contributed by atoms with E-state index < -0.39 is 0 Å². The van der Waals surface area contributed by atoms with Crippen molar-refractivity contribution in [1.29, 1.82) is 0 Å². The van der Waals surface area contributed by atoms with Crippen LogP contribution in [0.5, 0.6) is 0 Å². The van der Waals surface area contributed by atoms with Crippen LogP contribution in [0.25, 0.3) is 11.1 Å². The average Bonchev–Trinajstić information content (AvgIpc) is 2.22. The quantitative estimate of drug-likeness (QED) is 0.672. The lowest BCUT2D eigenvalue weighted by molar-refractivity contribution is 0.628. The Labute approximate surface area is 97.3 Å². The maximum absolute atomic E-state index is 13.0. The Morgan fingerprint density at radius 1 is 0.933 bits per heavy atom. The summed E-state index contributed by atoms with van der Waals surface area (Å²) in [6.45, 7) is 0. The van der Waals surface area contributed by atoms with Crippen LogP contribution in [-0.4, -0.2) is 0 Å². The second-order valence-corrected chi connectivity index (χ2v) is 3.90. The molecule has 0 aliphatic heterocycles. The maximum Gasteiger partial charge on any atom is 0.123 e. The minimum Gasteiger partial charge on any atom is -0.207 e. The molecule has 2 aromatic carbocycles. The molecule has 0 N–H and O–H groups in total. The number of rotatable bonds is 1. The summed E-state index contributed by atoms with van der Waals surface area (Å²) in [4.78, 5) is 0. The van der Waals surface area contributed by atoms with E-state index in [1.807, 2.05) is 6.07 Å². The average molecular weight is 241 g/mol. The highest BCUT2D eigenvalue weighted by Crippen LogP contribution is 2.33. The molecular weight excluding hydrogens is 234 g/mol. The molecule has 15 heavy (non-hydrogen) atoms. The Balaban J connectivity index is 2.59. The molecule has 0 aromatic heterocycles. The van der Waals surface area contributed by atoms with Gasteiger partial charge in [0.1, 0.15) is 5.82 Å². The van der Waals surface area contributed by atoms with E-state index in [9.17, 15) is 4.39 Å². The molecule has 0 aliphatic carbocycles. The summed E-state index contributed by atoms with van der Waals surface area (Å²) < 4.78 is 13.0. The fourth-order valence-electron chi connectivity index (χ4n) is 1.38. The third-order valence-electron chi connectivity index (χ3n) is 2.09. The van der Waals surface area contributed by atoms with E-state index in [0.29, 0.717) is 10.0 Å². The summed E-state index contributed by atoms with van der Waals surface area (Å²) in [5.41, 5.74) is 1.46. The van der Waals surface area contributed by atoms with E-state index in [0.717, 1.165) is 11.1 Å². The Bertz CT molecular complexity index is 495. The van der Waals surface area contributed by atoms with E-state index in [2.05, 4.69) is 0 Å². The Hall–Kier alpha value is -1.05. The molecule has 0 heterocycles. The summed E-state index contributed by atoms with van der Waals surface area (Å²) in [6.07, 6.45) is 0. The molecule has 0 fully saturated rings. The molecule has 76 valence electrons. The molecule has 0 spiro atoms. The topological polar surface area (TPSA) is 0 Å². The Morgan fingerprint density at radius 3 is 2.40 bits per heavy atom. The van der Waals surface area contributed by atoms with Crippen molar-refractivity contribution >= 4 is 23.2 Å². The van der Waals surface area contributed by atoms with Crippen molar-refractivity contribution in [2.75, 3.05) is 0 Å². The van der Waals surface area contributed by atoms with Crippen LogP contribution in [0.15, 0.2) is 42.5 Å². The molecule has 0 amide bonds. The van der Waals surface area contributed by atoms with Crippen molar-refractivity contribution in [2.45, 2.75) is 0 Å². The van der Waals surface area contributed by atoms with Gasteiger partial charge in [-0.15, -0.1) is 0 Å². The predicted molar refractivity (Wildman–Crippen MR) is 61.9 cm³/mol. The van der Waals surface area contributed by atoms with E-state index in [1.165, 1.54) is 12.1 Å². The molecule has 0 radical (unpaired) electrons. The minimum atomic E-state index is -0.288. The molecule has 0 saturated carbocycles. The van der Waals surface area contributed by atoms with E-state index in [-0.39, 0.29) is 5.82 Å². The molecule has 0 nitrogen and oxygen atoms in total. The van der Waals surface area contributed by atoms with Gasteiger partial charge in [0.05, 0.1) is 10.0 Å². The van der Waals surface area contributed by atoms with Crippen LogP contribution in [0, 0.1) is 5.82 Å². The molecule has 0 bridgehead atoms. The summed E-state index contributed by atoms with van der Waals surface area (Å²) in [5, 5.41) is 0.920. The third-order valence-corrected chi connectivity index (χ3v) is 2.91. The zero-order valence-electron chi connectivity index (χ0n) is 7.68. The maximum atomic E-state index is 13.0. The van der Waals surface area contributed by atoms with Gasteiger partial charge in [-0.2, -0.15) is 0 Å². The fourth-order valence-corrected chi connectivity index (χ4v) is 1.79. The first-order valence-corrected chi connectivity index (χ1v) is 5.14. The van der Waals surface area contributed by atoms with Gasteiger partial charge in [-0.05, 0) is 23.8 Å². The molecule has 2 rings (SSSR count). The van der Waals surface area contributed by atoms with Crippen LogP contribution in [0.4, 0.5) is 4.39 Å². The van der Waals surface area contributed by atoms with Gasteiger partial charge < -0.3 is 0 Å². The number of hydrogen-bond donors (Lipinski definition) is 0. The molecule has 0 saturated heterocycles. The Kier molecular flexibility index (Phi) is 2.94. The van der Waals surface area contributed by atoms with Crippen molar-refractivity contribution < 1.29 is 4.39 Å². The third kappa shape index (κ3) is 2.14. The van der Waals surface area contributed by atoms with Crippen LogP contribution in [0.1, 0.15) is 0 Å². The summed E-state index contributed by atoms with van der Waals surface area (Å²) in [5.74, 6) is -0.288. The van der Waals surface area contributed by atoms with Crippen LogP contribution in [0.3, 0.4) is 0 Å². The van der Waals surface area contributed by atoms with E-state index in [4.69, 9.17) is 23.2 Å². The Morgan fingerprint density at radius 2 is 1.67 bits per heavy atom. The second-order valence-electron chi connectivity index (χ2n) is 3.11. The van der Waals surface area contributed by atoms with Gasteiger partial charge >= 0.3 is 0 Å². The zero-order valence-corrected chi connectivity index (χ0v) is 9.19. The first-order chi connectivity index (χ1) is 7.18. The summed E-state index contributed by atoms with van der Waals surface area (Å²) in [7, 11) is 0. The molecular formula is C12H7Cl2F. The van der Waals surface area contributed by atoms with Gasteiger partial charge in [-0.1, -0.05) is 47.5 Å². The van der Waals surface area contributed by atoms with Crippen LogP contribution in [0.2, 0.25) is 10.0 Å². The lowest BCUT2D eigenvalue weighted by atomic mass is 10.1. The van der Waals surface area contributed by atoms with Crippen LogP contribution < -0.4 is 0 Å². The first kappa shape index (κ1) is 10.5.